The van der Waals surface area contributed by atoms with Crippen molar-refractivity contribution in [1.29, 1.82) is 0 Å². The molecule has 1 aliphatic heterocycles. The average molecular weight is 283 g/mol. The monoisotopic (exact) mass is 283 g/mol. The van der Waals surface area contributed by atoms with Gasteiger partial charge in [-0.1, -0.05) is 0 Å². The second-order valence-corrected chi connectivity index (χ2v) is 4.93. The highest BCUT2D eigenvalue weighted by Crippen LogP contribution is 2.18. The number of benzene rings is 1. The van der Waals surface area contributed by atoms with Crippen LogP contribution < -0.4 is 0 Å². The fourth-order valence-electron chi connectivity index (χ4n) is 2.36. The Morgan fingerprint density at radius 1 is 1.35 bits per heavy atom. The van der Waals surface area contributed by atoms with E-state index < -0.39 is 23.5 Å². The van der Waals surface area contributed by atoms with Gasteiger partial charge in [0, 0.05) is 18.7 Å². The van der Waals surface area contributed by atoms with Crippen molar-refractivity contribution >= 4 is 11.9 Å². The van der Waals surface area contributed by atoms with Crippen molar-refractivity contribution in [2.45, 2.75) is 19.3 Å². The largest absolute Gasteiger partial charge is 0.481 e. The first-order valence-corrected chi connectivity index (χ1v) is 6.42. The summed E-state index contributed by atoms with van der Waals surface area (Å²) in [5.41, 5.74) is -0.00699. The zero-order valence-corrected chi connectivity index (χ0v) is 10.8. The van der Waals surface area contributed by atoms with Crippen LogP contribution in [0.15, 0.2) is 18.2 Å². The fourth-order valence-corrected chi connectivity index (χ4v) is 2.36. The Hall–Kier alpha value is -1.98. The number of rotatable bonds is 3. The molecule has 1 aromatic carbocycles. The van der Waals surface area contributed by atoms with Gasteiger partial charge in [0.15, 0.2) is 0 Å². The first kappa shape index (κ1) is 14.4. The summed E-state index contributed by atoms with van der Waals surface area (Å²) in [4.78, 5) is 24.4. The molecule has 0 aliphatic carbocycles. The molecule has 0 aromatic heterocycles. The summed E-state index contributed by atoms with van der Waals surface area (Å²) < 4.78 is 26.5. The number of carbonyl (C=O) groups excluding carboxylic acids is 1. The number of hydrogen-bond acceptors (Lipinski definition) is 2. The average Bonchev–Trinajstić information content (AvgIpc) is 2.43. The van der Waals surface area contributed by atoms with E-state index in [1.807, 2.05) is 0 Å². The van der Waals surface area contributed by atoms with E-state index in [1.165, 1.54) is 4.90 Å². The summed E-state index contributed by atoms with van der Waals surface area (Å²) in [7, 11) is 0. The van der Waals surface area contributed by atoms with E-state index in [0.29, 0.717) is 19.4 Å². The number of aliphatic carboxylic acids is 1. The molecule has 0 spiro atoms. The second kappa shape index (κ2) is 5.98. The van der Waals surface area contributed by atoms with E-state index >= 15 is 0 Å². The first-order valence-electron chi connectivity index (χ1n) is 6.42. The summed E-state index contributed by atoms with van der Waals surface area (Å²) in [5.74, 6) is -3.12. The molecule has 1 fully saturated rings. The van der Waals surface area contributed by atoms with E-state index in [0.717, 1.165) is 18.2 Å². The van der Waals surface area contributed by atoms with Crippen molar-refractivity contribution in [3.8, 4) is 0 Å². The molecule has 1 aromatic rings. The lowest BCUT2D eigenvalue weighted by atomic mass is 9.97. The molecule has 1 N–H and O–H groups in total. The molecule has 1 saturated heterocycles. The highest BCUT2D eigenvalue weighted by molar-refractivity contribution is 5.80. The zero-order chi connectivity index (χ0) is 14.7. The number of carboxylic acid groups (broad SMARTS) is 1. The van der Waals surface area contributed by atoms with Crippen LogP contribution in [0.1, 0.15) is 18.4 Å². The van der Waals surface area contributed by atoms with Crippen molar-refractivity contribution in [3.63, 3.8) is 0 Å². The highest BCUT2D eigenvalue weighted by atomic mass is 19.1. The minimum absolute atomic E-state index is 0.00699. The molecule has 1 atom stereocenters. The molecule has 1 amide bonds. The third-order valence-electron chi connectivity index (χ3n) is 3.47. The number of carboxylic acids is 1. The number of carbonyl (C=O) groups is 2. The number of hydrogen-bond donors (Lipinski definition) is 1. The highest BCUT2D eigenvalue weighted by Gasteiger charge is 2.28. The van der Waals surface area contributed by atoms with E-state index in [-0.39, 0.29) is 24.4 Å². The Morgan fingerprint density at radius 3 is 2.80 bits per heavy atom. The van der Waals surface area contributed by atoms with Gasteiger partial charge >= 0.3 is 5.97 Å². The topological polar surface area (TPSA) is 57.6 Å². The maximum atomic E-state index is 13.5. The molecule has 108 valence electrons. The number of likely N-dealkylation sites (tertiary alicyclic amines) is 1. The molecule has 1 aliphatic rings. The lowest BCUT2D eigenvalue weighted by Gasteiger charge is -2.30. The Bertz CT molecular complexity index is 533. The molecule has 20 heavy (non-hydrogen) atoms. The number of amides is 1. The van der Waals surface area contributed by atoms with Crippen molar-refractivity contribution in [2.24, 2.45) is 5.92 Å². The third-order valence-corrected chi connectivity index (χ3v) is 3.47. The van der Waals surface area contributed by atoms with Gasteiger partial charge in [-0.25, -0.2) is 8.78 Å². The second-order valence-electron chi connectivity index (χ2n) is 4.93. The van der Waals surface area contributed by atoms with Gasteiger partial charge in [-0.3, -0.25) is 9.59 Å². The Labute approximate surface area is 115 Å². The maximum Gasteiger partial charge on any atom is 0.308 e. The van der Waals surface area contributed by atoms with Gasteiger partial charge in [0.1, 0.15) is 11.6 Å². The molecule has 4 nitrogen and oxygen atoms in total. The molecule has 0 radical (unpaired) electrons. The van der Waals surface area contributed by atoms with Gasteiger partial charge in [0.2, 0.25) is 5.91 Å². The van der Waals surface area contributed by atoms with Gasteiger partial charge in [-0.2, -0.15) is 0 Å². The number of nitrogens with zero attached hydrogens (tertiary/aromatic N) is 1. The molecular weight excluding hydrogens is 268 g/mol. The SMILES string of the molecule is O=C(O)[C@@H]1CCCN(C(=O)Cc2cc(F)ccc2F)C1. The van der Waals surface area contributed by atoms with Gasteiger partial charge < -0.3 is 10.0 Å². The minimum atomic E-state index is -0.931. The summed E-state index contributed by atoms with van der Waals surface area (Å²) in [6, 6.07) is 2.96. The first-order chi connectivity index (χ1) is 9.47. The van der Waals surface area contributed by atoms with Crippen LogP contribution in [0.5, 0.6) is 0 Å². The van der Waals surface area contributed by atoms with E-state index in [2.05, 4.69) is 0 Å². The third kappa shape index (κ3) is 3.31. The maximum absolute atomic E-state index is 13.5. The molecule has 0 bridgehead atoms. The van der Waals surface area contributed by atoms with Crippen molar-refractivity contribution in [3.05, 3.63) is 35.4 Å². The molecule has 0 unspecified atom stereocenters. The summed E-state index contributed by atoms with van der Waals surface area (Å²) >= 11 is 0. The van der Waals surface area contributed by atoms with Crippen LogP contribution in [0.4, 0.5) is 8.78 Å². The van der Waals surface area contributed by atoms with Crippen LogP contribution >= 0.6 is 0 Å². The van der Waals surface area contributed by atoms with Crippen molar-refractivity contribution in [2.75, 3.05) is 13.1 Å². The molecular formula is C14H15F2NO3. The fraction of sp³-hybridized carbons (Fsp3) is 0.429. The molecule has 6 heteroatoms. The standard InChI is InChI=1S/C14H15F2NO3/c15-11-3-4-12(16)10(6-11)7-13(18)17-5-1-2-9(8-17)14(19)20/h3-4,6,9H,1-2,5,7-8H2,(H,19,20)/t9-/m1/s1. The normalized spacial score (nSPS) is 18.9. The summed E-state index contributed by atoms with van der Waals surface area (Å²) in [6.07, 6.45) is 0.887. The predicted molar refractivity (Wildman–Crippen MR) is 67.0 cm³/mol. The Morgan fingerprint density at radius 2 is 2.10 bits per heavy atom. The van der Waals surface area contributed by atoms with E-state index in [9.17, 15) is 18.4 Å². The van der Waals surface area contributed by atoms with Crippen LogP contribution in [0, 0.1) is 17.6 Å². The Balaban J connectivity index is 2.04. The quantitative estimate of drug-likeness (QED) is 0.920. The van der Waals surface area contributed by atoms with Crippen molar-refractivity contribution in [1.82, 2.24) is 4.90 Å². The lowest BCUT2D eigenvalue weighted by molar-refractivity contribution is -0.145. The van der Waals surface area contributed by atoms with E-state index in [1.54, 1.807) is 0 Å². The number of halogens is 2. The van der Waals surface area contributed by atoms with Gasteiger partial charge in [-0.05, 0) is 31.0 Å². The van der Waals surface area contributed by atoms with Gasteiger partial charge in [0.05, 0.1) is 12.3 Å². The van der Waals surface area contributed by atoms with Crippen LogP contribution in [0.3, 0.4) is 0 Å². The van der Waals surface area contributed by atoms with Gasteiger partial charge in [-0.15, -0.1) is 0 Å². The molecule has 1 heterocycles. The van der Waals surface area contributed by atoms with Crippen LogP contribution in [-0.4, -0.2) is 35.0 Å². The summed E-state index contributed by atoms with van der Waals surface area (Å²) in [5, 5.41) is 8.96. The zero-order valence-electron chi connectivity index (χ0n) is 10.8. The van der Waals surface area contributed by atoms with Crippen LogP contribution in [0.25, 0.3) is 0 Å². The Kier molecular flexibility index (Phi) is 4.32. The summed E-state index contributed by atoms with van der Waals surface area (Å²) in [6.45, 7) is 0.588. The molecule has 2 rings (SSSR count). The van der Waals surface area contributed by atoms with Crippen LogP contribution in [0.2, 0.25) is 0 Å². The molecule has 0 saturated carbocycles. The minimum Gasteiger partial charge on any atom is -0.481 e. The van der Waals surface area contributed by atoms with E-state index in [4.69, 9.17) is 5.11 Å². The number of piperidine rings is 1. The van der Waals surface area contributed by atoms with Crippen LogP contribution in [-0.2, 0) is 16.0 Å². The van der Waals surface area contributed by atoms with Gasteiger partial charge in [0.25, 0.3) is 0 Å². The lowest BCUT2D eigenvalue weighted by Crippen LogP contribution is -2.43. The predicted octanol–water partition coefficient (Wildman–Crippen LogP) is 1.83. The smallest absolute Gasteiger partial charge is 0.308 e. The van der Waals surface area contributed by atoms with Crippen molar-refractivity contribution < 1.29 is 23.5 Å².